The van der Waals surface area contributed by atoms with Crippen LogP contribution in [0.4, 0.5) is 4.39 Å². The lowest BCUT2D eigenvalue weighted by molar-refractivity contribution is -0.172. The van der Waals surface area contributed by atoms with Crippen LogP contribution in [-0.4, -0.2) is 37.7 Å². The molecule has 1 saturated carbocycles. The van der Waals surface area contributed by atoms with Gasteiger partial charge < -0.3 is 24.8 Å². The van der Waals surface area contributed by atoms with Gasteiger partial charge in [-0.3, -0.25) is 4.79 Å². The Morgan fingerprint density at radius 2 is 2.08 bits per heavy atom. The number of benzene rings is 1. The third kappa shape index (κ3) is 3.62. The second-order valence-electron chi connectivity index (χ2n) is 11.6. The summed E-state index contributed by atoms with van der Waals surface area (Å²) in [4.78, 5) is 30.6. The van der Waals surface area contributed by atoms with Crippen molar-refractivity contribution in [2.24, 2.45) is 5.92 Å². The number of hydrogen-bond acceptors (Lipinski definition) is 7. The summed E-state index contributed by atoms with van der Waals surface area (Å²) in [6.07, 6.45) is 2.70. The standard InChI is InChI=1S/C30H30FN3O5S/c1-3-30(38)18-9-22-26-16(11-34(22)28(40)17(18)12-39-29(30)37)25-20(33-27(36)23(35)8-14-4-5-14)7-6-15-13(2)19(31)10-21(32-26)24(15)25/h9-10,14,20,23,35,38H,3-8,11-12H2,1-2H3,(H,33,36)/t20-,23+,30+/m1/s1. The van der Waals surface area contributed by atoms with E-state index in [0.717, 1.165) is 34.9 Å². The van der Waals surface area contributed by atoms with Crippen molar-refractivity contribution in [1.29, 1.82) is 0 Å². The minimum atomic E-state index is -1.82. The van der Waals surface area contributed by atoms with Crippen molar-refractivity contribution in [2.75, 3.05) is 0 Å². The van der Waals surface area contributed by atoms with Crippen LogP contribution < -0.4 is 5.32 Å². The predicted molar refractivity (Wildman–Crippen MR) is 146 cm³/mol. The van der Waals surface area contributed by atoms with Crippen molar-refractivity contribution < 1.29 is 28.9 Å². The van der Waals surface area contributed by atoms with E-state index < -0.39 is 29.6 Å². The Hall–Kier alpha value is -3.21. The van der Waals surface area contributed by atoms with E-state index in [1.807, 2.05) is 4.57 Å². The maximum Gasteiger partial charge on any atom is 0.343 e. The van der Waals surface area contributed by atoms with Crippen molar-refractivity contribution >= 4 is 35.0 Å². The second-order valence-corrected chi connectivity index (χ2v) is 12.0. The molecule has 1 aromatic carbocycles. The molecule has 3 aromatic rings. The first-order valence-corrected chi connectivity index (χ1v) is 14.3. The fraction of sp³-hybridized carbons (Fsp3) is 0.467. The highest BCUT2D eigenvalue weighted by Gasteiger charge is 2.45. The first kappa shape index (κ1) is 25.7. The number of rotatable bonds is 5. The SMILES string of the molecule is CC[C@@]1(O)C(=O)OCc2c1cc1n(c2=S)Cc2c-1nc1cc(F)c(C)c3c1c2[C@H](NC(=O)[C@@H](O)CC1CC1)CC3. The van der Waals surface area contributed by atoms with Crippen LogP contribution in [0.25, 0.3) is 22.3 Å². The molecule has 0 spiro atoms. The van der Waals surface area contributed by atoms with Crippen LogP contribution >= 0.6 is 12.2 Å². The smallest absolute Gasteiger partial charge is 0.343 e. The Balaban J connectivity index is 1.42. The molecule has 4 aliphatic rings. The number of aliphatic hydroxyl groups excluding tert-OH is 1. The molecule has 40 heavy (non-hydrogen) atoms. The Morgan fingerprint density at radius 3 is 2.80 bits per heavy atom. The van der Waals surface area contributed by atoms with E-state index in [1.165, 1.54) is 6.07 Å². The topological polar surface area (TPSA) is 114 Å². The first-order chi connectivity index (χ1) is 19.1. The van der Waals surface area contributed by atoms with E-state index in [9.17, 15) is 19.8 Å². The van der Waals surface area contributed by atoms with Crippen molar-refractivity contribution in [2.45, 2.75) is 83.3 Å². The highest BCUT2D eigenvalue weighted by molar-refractivity contribution is 7.71. The van der Waals surface area contributed by atoms with Crippen molar-refractivity contribution in [1.82, 2.24) is 14.9 Å². The summed E-state index contributed by atoms with van der Waals surface area (Å²) in [5.41, 5.74) is 4.05. The van der Waals surface area contributed by atoms with Gasteiger partial charge in [0.1, 0.15) is 23.2 Å². The van der Waals surface area contributed by atoms with Crippen LogP contribution in [0.5, 0.6) is 0 Å². The lowest BCUT2D eigenvalue weighted by atomic mass is 9.81. The zero-order chi connectivity index (χ0) is 28.1. The molecule has 1 amide bonds. The van der Waals surface area contributed by atoms with Gasteiger partial charge in [-0.05, 0) is 61.3 Å². The van der Waals surface area contributed by atoms with Crippen LogP contribution in [0.3, 0.4) is 0 Å². The van der Waals surface area contributed by atoms with Gasteiger partial charge in [0.15, 0.2) is 5.60 Å². The highest BCUT2D eigenvalue weighted by atomic mass is 32.1. The van der Waals surface area contributed by atoms with E-state index >= 15 is 4.39 Å². The van der Waals surface area contributed by atoms with Gasteiger partial charge in [-0.15, -0.1) is 0 Å². The number of pyridine rings is 2. The number of aliphatic hydroxyl groups is 2. The number of aryl methyl sites for hydroxylation is 1. The Kier molecular flexibility index (Phi) is 5.72. The largest absolute Gasteiger partial charge is 0.458 e. The lowest BCUT2D eigenvalue weighted by Gasteiger charge is -2.32. The number of cyclic esters (lactones) is 1. The molecule has 1 fully saturated rings. The summed E-state index contributed by atoms with van der Waals surface area (Å²) >= 11 is 5.86. The number of nitrogens with one attached hydrogen (secondary N) is 1. The van der Waals surface area contributed by atoms with Gasteiger partial charge in [0, 0.05) is 28.1 Å². The van der Waals surface area contributed by atoms with E-state index in [-0.39, 0.29) is 18.8 Å². The maximum atomic E-state index is 15.1. The molecule has 3 atom stereocenters. The molecule has 0 saturated heterocycles. The van der Waals surface area contributed by atoms with Crippen molar-refractivity contribution in [3.63, 3.8) is 0 Å². The third-order valence-electron chi connectivity index (χ3n) is 9.25. The molecule has 3 N–H and O–H groups in total. The maximum absolute atomic E-state index is 15.1. The minimum absolute atomic E-state index is 0.0275. The van der Waals surface area contributed by atoms with Crippen LogP contribution in [-0.2, 0) is 39.5 Å². The normalized spacial score (nSPS) is 23.3. The third-order valence-corrected chi connectivity index (χ3v) is 9.72. The van der Waals surface area contributed by atoms with Crippen LogP contribution in [0.2, 0.25) is 0 Å². The fourth-order valence-electron chi connectivity index (χ4n) is 6.74. The van der Waals surface area contributed by atoms with Gasteiger partial charge in [0.2, 0.25) is 5.91 Å². The van der Waals surface area contributed by atoms with Gasteiger partial charge in [-0.1, -0.05) is 32.0 Å². The number of halogens is 1. The van der Waals surface area contributed by atoms with Gasteiger partial charge in [-0.25, -0.2) is 14.2 Å². The van der Waals surface area contributed by atoms with Crippen LogP contribution in [0.1, 0.15) is 78.5 Å². The zero-order valence-electron chi connectivity index (χ0n) is 22.3. The number of aromatic nitrogens is 2. The molecule has 208 valence electrons. The number of esters is 1. The van der Waals surface area contributed by atoms with E-state index in [0.29, 0.717) is 70.0 Å². The predicted octanol–water partition coefficient (Wildman–Crippen LogP) is 4.16. The monoisotopic (exact) mass is 563 g/mol. The number of ether oxygens (including phenoxy) is 1. The van der Waals surface area contributed by atoms with Crippen LogP contribution in [0, 0.1) is 23.3 Å². The second kappa shape index (κ2) is 8.89. The average molecular weight is 564 g/mol. The number of amides is 1. The molecule has 10 heteroatoms. The molecule has 2 aromatic heterocycles. The Morgan fingerprint density at radius 1 is 1.30 bits per heavy atom. The summed E-state index contributed by atoms with van der Waals surface area (Å²) in [6, 6.07) is 2.79. The molecular formula is C30H30FN3O5S. The molecular weight excluding hydrogens is 533 g/mol. The molecule has 7 rings (SSSR count). The van der Waals surface area contributed by atoms with Gasteiger partial charge >= 0.3 is 5.97 Å². The minimum Gasteiger partial charge on any atom is -0.458 e. The number of hydrogen-bond donors (Lipinski definition) is 3. The highest BCUT2D eigenvalue weighted by Crippen LogP contribution is 2.47. The van der Waals surface area contributed by atoms with Crippen LogP contribution in [0.15, 0.2) is 12.1 Å². The molecule has 0 unspecified atom stereocenters. The molecule has 0 radical (unpaired) electrons. The van der Waals surface area contributed by atoms with Gasteiger partial charge in [0.05, 0.1) is 29.5 Å². The molecule has 2 aliphatic heterocycles. The molecule has 0 bridgehead atoms. The Bertz CT molecular complexity index is 1710. The van der Waals surface area contributed by atoms with E-state index in [1.54, 1.807) is 19.9 Å². The summed E-state index contributed by atoms with van der Waals surface area (Å²) < 4.78 is 22.7. The number of carbonyl (C=O) groups excluding carboxylic acids is 2. The first-order valence-electron chi connectivity index (χ1n) is 13.9. The summed E-state index contributed by atoms with van der Waals surface area (Å²) in [5, 5.41) is 25.8. The fourth-order valence-corrected chi connectivity index (χ4v) is 7.08. The number of carbonyl (C=O) groups is 2. The van der Waals surface area contributed by atoms with E-state index in [2.05, 4.69) is 5.32 Å². The van der Waals surface area contributed by atoms with Crippen molar-refractivity contribution in [3.05, 3.63) is 56.0 Å². The Labute approximate surface area is 235 Å². The lowest BCUT2D eigenvalue weighted by Crippen LogP contribution is -2.41. The molecule has 8 nitrogen and oxygen atoms in total. The summed E-state index contributed by atoms with van der Waals surface area (Å²) in [5.74, 6) is -1.05. The molecule has 2 aliphatic carbocycles. The van der Waals surface area contributed by atoms with E-state index in [4.69, 9.17) is 21.9 Å². The number of fused-ring (bicyclic) bond motifs is 5. The van der Waals surface area contributed by atoms with Gasteiger partial charge in [0.25, 0.3) is 0 Å². The molecule has 4 heterocycles. The number of nitrogens with zero attached hydrogens (tertiary/aromatic N) is 2. The van der Waals surface area contributed by atoms with Gasteiger partial charge in [-0.2, -0.15) is 0 Å². The van der Waals surface area contributed by atoms with Crippen molar-refractivity contribution in [3.8, 4) is 11.4 Å². The zero-order valence-corrected chi connectivity index (χ0v) is 23.2. The summed E-state index contributed by atoms with van der Waals surface area (Å²) in [7, 11) is 0. The summed E-state index contributed by atoms with van der Waals surface area (Å²) in [6.45, 7) is 3.82. The average Bonchev–Trinajstić information content (AvgIpc) is 3.68. The quantitative estimate of drug-likeness (QED) is 0.247.